The second kappa shape index (κ2) is 8.62. The molecule has 0 unspecified atom stereocenters. The van der Waals surface area contributed by atoms with Gasteiger partial charge in [0.1, 0.15) is 5.82 Å². The Kier molecular flexibility index (Phi) is 6.01. The minimum Gasteiger partial charge on any atom is -0.352 e. The average Bonchev–Trinajstić information content (AvgIpc) is 3.10. The fourth-order valence-electron chi connectivity index (χ4n) is 3.35. The summed E-state index contributed by atoms with van der Waals surface area (Å²) < 4.78 is 2.26. The molecule has 2 aromatic rings. The standard InChI is InChI=1S/C20H26N4O/c1-2-10-21-19(25)16-23-12-8-17(9-13-23)15-24-14-11-22-20(24)18-6-4-3-5-7-18/h2-7,11,14,17H,1,8-10,12-13,15-16H2,(H,21,25). The van der Waals surface area contributed by atoms with E-state index in [0.29, 0.717) is 19.0 Å². The highest BCUT2D eigenvalue weighted by Crippen LogP contribution is 2.23. The van der Waals surface area contributed by atoms with Crippen LogP contribution in [0.15, 0.2) is 55.4 Å². The lowest BCUT2D eigenvalue weighted by atomic mass is 9.96. The minimum absolute atomic E-state index is 0.0827. The molecule has 0 bridgehead atoms. The lowest BCUT2D eigenvalue weighted by Gasteiger charge is -2.31. The van der Waals surface area contributed by atoms with Gasteiger partial charge in [-0.1, -0.05) is 36.4 Å². The van der Waals surface area contributed by atoms with E-state index in [1.807, 2.05) is 24.4 Å². The Morgan fingerprint density at radius 3 is 2.76 bits per heavy atom. The van der Waals surface area contributed by atoms with Crippen LogP contribution in [0.3, 0.4) is 0 Å². The van der Waals surface area contributed by atoms with Gasteiger partial charge in [0.05, 0.1) is 6.54 Å². The van der Waals surface area contributed by atoms with Gasteiger partial charge < -0.3 is 9.88 Å². The second-order valence-electron chi connectivity index (χ2n) is 6.58. The molecule has 0 spiro atoms. The molecule has 3 rings (SSSR count). The smallest absolute Gasteiger partial charge is 0.234 e. The first kappa shape index (κ1) is 17.4. The number of piperidine rings is 1. The Bertz CT molecular complexity index is 687. The monoisotopic (exact) mass is 338 g/mol. The molecule has 1 amide bonds. The number of imidazole rings is 1. The summed E-state index contributed by atoms with van der Waals surface area (Å²) in [6.07, 6.45) is 7.88. The Morgan fingerprint density at radius 1 is 1.28 bits per heavy atom. The lowest BCUT2D eigenvalue weighted by molar-refractivity contribution is -0.122. The van der Waals surface area contributed by atoms with Crippen molar-refractivity contribution in [1.82, 2.24) is 19.8 Å². The minimum atomic E-state index is 0.0827. The van der Waals surface area contributed by atoms with Gasteiger partial charge in [-0.25, -0.2) is 4.98 Å². The first-order chi connectivity index (χ1) is 12.3. The summed E-state index contributed by atoms with van der Waals surface area (Å²) in [5.41, 5.74) is 1.16. The highest BCUT2D eigenvalue weighted by molar-refractivity contribution is 5.78. The number of aromatic nitrogens is 2. The molecule has 132 valence electrons. The second-order valence-corrected chi connectivity index (χ2v) is 6.58. The number of rotatable bonds is 7. The van der Waals surface area contributed by atoms with Crippen LogP contribution in [0, 0.1) is 5.92 Å². The van der Waals surface area contributed by atoms with Crippen LogP contribution in [0.4, 0.5) is 0 Å². The van der Waals surface area contributed by atoms with E-state index in [1.165, 1.54) is 0 Å². The molecule has 2 heterocycles. The van der Waals surface area contributed by atoms with Crippen molar-refractivity contribution in [2.45, 2.75) is 19.4 Å². The third-order valence-electron chi connectivity index (χ3n) is 4.72. The largest absolute Gasteiger partial charge is 0.352 e. The maximum atomic E-state index is 11.8. The molecule has 1 aromatic carbocycles. The predicted molar refractivity (Wildman–Crippen MR) is 100 cm³/mol. The number of nitrogens with one attached hydrogen (secondary N) is 1. The Labute approximate surface area is 149 Å². The van der Waals surface area contributed by atoms with E-state index >= 15 is 0 Å². The summed E-state index contributed by atoms with van der Waals surface area (Å²) in [5, 5.41) is 2.84. The molecule has 1 aliphatic heterocycles. The van der Waals surface area contributed by atoms with Crippen LogP contribution in [0.25, 0.3) is 11.4 Å². The van der Waals surface area contributed by atoms with Crippen molar-refractivity contribution >= 4 is 5.91 Å². The SMILES string of the molecule is C=CCNC(=O)CN1CCC(Cn2ccnc2-c2ccccc2)CC1. The maximum absolute atomic E-state index is 11.8. The van der Waals surface area contributed by atoms with Crippen LogP contribution < -0.4 is 5.32 Å². The van der Waals surface area contributed by atoms with E-state index in [1.54, 1.807) is 6.08 Å². The zero-order valence-corrected chi connectivity index (χ0v) is 14.6. The molecule has 1 saturated heterocycles. The van der Waals surface area contributed by atoms with E-state index in [0.717, 1.165) is 43.9 Å². The van der Waals surface area contributed by atoms with Crippen molar-refractivity contribution in [1.29, 1.82) is 0 Å². The van der Waals surface area contributed by atoms with Crippen LogP contribution in [0.5, 0.6) is 0 Å². The van der Waals surface area contributed by atoms with Gasteiger partial charge in [-0.05, 0) is 31.8 Å². The van der Waals surface area contributed by atoms with Gasteiger partial charge in [-0.15, -0.1) is 6.58 Å². The molecule has 1 N–H and O–H groups in total. The molecule has 0 atom stereocenters. The molecule has 5 nitrogen and oxygen atoms in total. The number of nitrogens with zero attached hydrogens (tertiary/aromatic N) is 3. The average molecular weight is 338 g/mol. The van der Waals surface area contributed by atoms with Gasteiger partial charge >= 0.3 is 0 Å². The van der Waals surface area contributed by atoms with Gasteiger partial charge in [0.25, 0.3) is 0 Å². The fourth-order valence-corrected chi connectivity index (χ4v) is 3.35. The number of amides is 1. The van der Waals surface area contributed by atoms with E-state index in [9.17, 15) is 4.79 Å². The first-order valence-corrected chi connectivity index (χ1v) is 8.93. The van der Waals surface area contributed by atoms with Gasteiger partial charge in [0, 0.05) is 31.0 Å². The van der Waals surface area contributed by atoms with Crippen molar-refractivity contribution in [2.75, 3.05) is 26.2 Å². The number of likely N-dealkylation sites (tertiary alicyclic amines) is 1. The molecule has 1 aliphatic rings. The maximum Gasteiger partial charge on any atom is 0.234 e. The summed E-state index contributed by atoms with van der Waals surface area (Å²) in [4.78, 5) is 18.6. The van der Waals surface area contributed by atoms with Crippen LogP contribution >= 0.6 is 0 Å². The number of hydrogen-bond acceptors (Lipinski definition) is 3. The topological polar surface area (TPSA) is 50.2 Å². The Balaban J connectivity index is 1.51. The summed E-state index contributed by atoms with van der Waals surface area (Å²) in [7, 11) is 0. The molecular weight excluding hydrogens is 312 g/mol. The summed E-state index contributed by atoms with van der Waals surface area (Å²) in [5.74, 6) is 1.75. The van der Waals surface area contributed by atoms with Crippen LogP contribution in [0.2, 0.25) is 0 Å². The number of benzene rings is 1. The molecule has 0 aliphatic carbocycles. The van der Waals surface area contributed by atoms with E-state index < -0.39 is 0 Å². The number of carbonyl (C=O) groups is 1. The van der Waals surface area contributed by atoms with E-state index in [-0.39, 0.29) is 5.91 Å². The molecule has 1 aromatic heterocycles. The highest BCUT2D eigenvalue weighted by atomic mass is 16.2. The Morgan fingerprint density at radius 2 is 2.04 bits per heavy atom. The zero-order chi connectivity index (χ0) is 17.5. The van der Waals surface area contributed by atoms with Crippen LogP contribution in [-0.4, -0.2) is 46.5 Å². The zero-order valence-electron chi connectivity index (χ0n) is 14.6. The van der Waals surface area contributed by atoms with Crippen molar-refractivity contribution in [3.8, 4) is 11.4 Å². The lowest BCUT2D eigenvalue weighted by Crippen LogP contribution is -2.42. The first-order valence-electron chi connectivity index (χ1n) is 8.93. The van der Waals surface area contributed by atoms with Crippen molar-refractivity contribution < 1.29 is 4.79 Å². The van der Waals surface area contributed by atoms with Crippen molar-refractivity contribution in [3.63, 3.8) is 0 Å². The highest BCUT2D eigenvalue weighted by Gasteiger charge is 2.21. The molecular formula is C20H26N4O. The molecule has 0 saturated carbocycles. The summed E-state index contributed by atoms with van der Waals surface area (Å²) in [6, 6.07) is 10.3. The number of hydrogen-bond donors (Lipinski definition) is 1. The third kappa shape index (κ3) is 4.79. The third-order valence-corrected chi connectivity index (χ3v) is 4.72. The van der Waals surface area contributed by atoms with Gasteiger partial charge in [-0.2, -0.15) is 0 Å². The van der Waals surface area contributed by atoms with Gasteiger partial charge in [-0.3, -0.25) is 9.69 Å². The molecule has 5 heteroatoms. The fraction of sp³-hybridized carbons (Fsp3) is 0.400. The molecule has 0 radical (unpaired) electrons. The predicted octanol–water partition coefficient (Wildman–Crippen LogP) is 2.56. The molecule has 25 heavy (non-hydrogen) atoms. The van der Waals surface area contributed by atoms with Gasteiger partial charge in [0.2, 0.25) is 5.91 Å². The van der Waals surface area contributed by atoms with E-state index in [4.69, 9.17) is 0 Å². The van der Waals surface area contributed by atoms with Crippen molar-refractivity contribution in [3.05, 3.63) is 55.4 Å². The van der Waals surface area contributed by atoms with Crippen molar-refractivity contribution in [2.24, 2.45) is 5.92 Å². The molecule has 1 fully saturated rings. The van der Waals surface area contributed by atoms with E-state index in [2.05, 4.69) is 44.7 Å². The number of carbonyl (C=O) groups excluding carboxylic acids is 1. The summed E-state index contributed by atoms with van der Waals surface area (Å²) in [6.45, 7) is 7.58. The summed E-state index contributed by atoms with van der Waals surface area (Å²) >= 11 is 0. The Hall–Kier alpha value is -2.40. The van der Waals surface area contributed by atoms with Crippen LogP contribution in [0.1, 0.15) is 12.8 Å². The quantitative estimate of drug-likeness (QED) is 0.790. The van der Waals surface area contributed by atoms with Crippen LogP contribution in [-0.2, 0) is 11.3 Å². The normalized spacial score (nSPS) is 15.8. The van der Waals surface area contributed by atoms with Gasteiger partial charge in [0.15, 0.2) is 0 Å².